The van der Waals surface area contributed by atoms with E-state index in [0.29, 0.717) is 24.1 Å². The average molecular weight is 380 g/mol. The number of aryl methyl sites for hydroxylation is 1. The number of hydrogen-bond donors (Lipinski definition) is 1. The van der Waals surface area contributed by atoms with Gasteiger partial charge in [0, 0.05) is 23.7 Å². The van der Waals surface area contributed by atoms with Crippen molar-refractivity contribution in [2.45, 2.75) is 32.1 Å². The second-order valence-electron chi connectivity index (χ2n) is 5.82. The van der Waals surface area contributed by atoms with Crippen molar-refractivity contribution in [3.8, 4) is 11.4 Å². The van der Waals surface area contributed by atoms with Gasteiger partial charge in [-0.2, -0.15) is 23.3 Å². The second kappa shape index (κ2) is 7.56. The van der Waals surface area contributed by atoms with E-state index >= 15 is 0 Å². The number of hydrogen-bond acceptors (Lipinski definition) is 6. The van der Waals surface area contributed by atoms with E-state index in [-0.39, 0.29) is 17.8 Å². The van der Waals surface area contributed by atoms with Gasteiger partial charge in [-0.25, -0.2) is 4.98 Å². The van der Waals surface area contributed by atoms with Gasteiger partial charge in [-0.05, 0) is 25.5 Å². The van der Waals surface area contributed by atoms with Crippen LogP contribution in [0.3, 0.4) is 0 Å². The first-order valence-corrected chi connectivity index (χ1v) is 7.97. The minimum absolute atomic E-state index is 0.104. The number of halogens is 3. The van der Waals surface area contributed by atoms with E-state index in [2.05, 4.69) is 30.1 Å². The molecule has 3 rings (SSSR count). The molecule has 0 spiro atoms. The average Bonchev–Trinajstić information content (AvgIpc) is 3.31. The molecule has 0 fully saturated rings. The number of carbonyl (C=O) groups excluding carboxylic acids is 1. The predicted octanol–water partition coefficient (Wildman–Crippen LogP) is 2.56. The molecule has 1 unspecified atom stereocenters. The zero-order chi connectivity index (χ0) is 19.4. The van der Waals surface area contributed by atoms with E-state index in [9.17, 15) is 18.0 Å². The van der Waals surface area contributed by atoms with Gasteiger partial charge in [0.25, 0.3) is 5.91 Å². The summed E-state index contributed by atoms with van der Waals surface area (Å²) in [5.41, 5.74) is 0.677. The molecule has 1 atom stereocenters. The van der Waals surface area contributed by atoms with Crippen LogP contribution in [0, 0.1) is 0 Å². The summed E-state index contributed by atoms with van der Waals surface area (Å²) in [5, 5.41) is 10.1. The summed E-state index contributed by atoms with van der Waals surface area (Å²) in [6, 6.07) is 5.78. The molecule has 0 radical (unpaired) electrons. The van der Waals surface area contributed by atoms with Gasteiger partial charge in [-0.3, -0.25) is 9.48 Å². The SMILES string of the molecule is CC(CCn1cncn1)NC(=O)c1ccc(-c2noc(C(F)(F)F)n2)cc1. The highest BCUT2D eigenvalue weighted by Crippen LogP contribution is 2.29. The number of amides is 1. The lowest BCUT2D eigenvalue weighted by Gasteiger charge is -2.13. The lowest BCUT2D eigenvalue weighted by molar-refractivity contribution is -0.159. The van der Waals surface area contributed by atoms with Crippen molar-refractivity contribution in [2.24, 2.45) is 0 Å². The van der Waals surface area contributed by atoms with Gasteiger partial charge >= 0.3 is 12.1 Å². The molecule has 1 amide bonds. The van der Waals surface area contributed by atoms with Gasteiger partial charge in [0.2, 0.25) is 5.82 Å². The maximum atomic E-state index is 12.5. The Morgan fingerprint density at radius 2 is 2.04 bits per heavy atom. The maximum Gasteiger partial charge on any atom is 0.471 e. The molecule has 0 bridgehead atoms. The van der Waals surface area contributed by atoms with Crippen LogP contribution < -0.4 is 5.32 Å². The minimum Gasteiger partial charge on any atom is -0.350 e. The summed E-state index contributed by atoms with van der Waals surface area (Å²) in [7, 11) is 0. The molecule has 1 aromatic carbocycles. The molecule has 2 aromatic heterocycles. The van der Waals surface area contributed by atoms with Crippen molar-refractivity contribution >= 4 is 5.91 Å². The van der Waals surface area contributed by atoms with E-state index in [1.807, 2.05) is 6.92 Å². The standard InChI is InChI=1S/C16H15F3N6O2/c1-10(6-7-25-9-20-8-21-25)22-14(26)12-4-2-11(3-5-12)13-23-15(27-24-13)16(17,18)19/h2-5,8-10H,6-7H2,1H3,(H,22,26). The Kier molecular flexibility index (Phi) is 5.19. The van der Waals surface area contributed by atoms with Gasteiger partial charge in [0.05, 0.1) is 0 Å². The Bertz CT molecular complexity index is 890. The molecule has 0 aliphatic rings. The molecule has 27 heavy (non-hydrogen) atoms. The summed E-state index contributed by atoms with van der Waals surface area (Å²) in [4.78, 5) is 19.4. The largest absolute Gasteiger partial charge is 0.471 e. The first-order chi connectivity index (χ1) is 12.8. The number of aromatic nitrogens is 5. The Balaban J connectivity index is 1.59. The molecule has 11 heteroatoms. The molecular weight excluding hydrogens is 365 g/mol. The fraction of sp³-hybridized carbons (Fsp3) is 0.312. The molecule has 8 nitrogen and oxygen atoms in total. The Morgan fingerprint density at radius 1 is 1.30 bits per heavy atom. The van der Waals surface area contributed by atoms with Gasteiger partial charge in [0.1, 0.15) is 12.7 Å². The van der Waals surface area contributed by atoms with E-state index < -0.39 is 12.1 Å². The Morgan fingerprint density at radius 3 is 2.63 bits per heavy atom. The van der Waals surface area contributed by atoms with Crippen molar-refractivity contribution in [3.05, 3.63) is 48.4 Å². The molecule has 142 valence electrons. The van der Waals surface area contributed by atoms with E-state index in [4.69, 9.17) is 0 Å². The topological polar surface area (TPSA) is 98.7 Å². The highest BCUT2D eigenvalue weighted by atomic mass is 19.4. The number of nitrogens with zero attached hydrogens (tertiary/aromatic N) is 5. The molecule has 0 aliphatic heterocycles. The van der Waals surface area contributed by atoms with Crippen molar-refractivity contribution in [1.29, 1.82) is 0 Å². The van der Waals surface area contributed by atoms with Crippen LogP contribution in [0.15, 0.2) is 41.4 Å². The van der Waals surface area contributed by atoms with E-state index in [1.54, 1.807) is 11.0 Å². The van der Waals surface area contributed by atoms with Crippen LogP contribution in [-0.4, -0.2) is 36.9 Å². The second-order valence-corrected chi connectivity index (χ2v) is 5.82. The van der Waals surface area contributed by atoms with Crippen LogP contribution in [0.25, 0.3) is 11.4 Å². The van der Waals surface area contributed by atoms with Gasteiger partial charge < -0.3 is 9.84 Å². The Labute approximate surface area is 151 Å². The molecule has 1 N–H and O–H groups in total. The number of rotatable bonds is 6. The van der Waals surface area contributed by atoms with E-state index in [1.165, 1.54) is 30.6 Å². The third-order valence-corrected chi connectivity index (χ3v) is 3.71. The number of nitrogens with one attached hydrogen (secondary N) is 1. The molecule has 0 aliphatic carbocycles. The lowest BCUT2D eigenvalue weighted by atomic mass is 10.1. The Hall–Kier alpha value is -3.24. The van der Waals surface area contributed by atoms with Crippen LogP contribution in [-0.2, 0) is 12.7 Å². The molecule has 0 saturated heterocycles. The fourth-order valence-corrected chi connectivity index (χ4v) is 2.28. The maximum absolute atomic E-state index is 12.5. The minimum atomic E-state index is -4.70. The van der Waals surface area contributed by atoms with Gasteiger partial charge in [0.15, 0.2) is 0 Å². The zero-order valence-electron chi connectivity index (χ0n) is 14.1. The van der Waals surface area contributed by atoms with E-state index in [0.717, 1.165) is 0 Å². The van der Waals surface area contributed by atoms with Crippen molar-refractivity contribution in [2.75, 3.05) is 0 Å². The summed E-state index contributed by atoms with van der Waals surface area (Å²) < 4.78 is 43.4. The first-order valence-electron chi connectivity index (χ1n) is 7.97. The number of benzene rings is 1. The zero-order valence-corrected chi connectivity index (χ0v) is 14.1. The molecule has 2 heterocycles. The number of carbonyl (C=O) groups is 1. The first kappa shape index (κ1) is 18.5. The van der Waals surface area contributed by atoms with Gasteiger partial charge in [-0.1, -0.05) is 17.3 Å². The monoisotopic (exact) mass is 380 g/mol. The predicted molar refractivity (Wildman–Crippen MR) is 86.3 cm³/mol. The van der Waals surface area contributed by atoms with Gasteiger partial charge in [-0.15, -0.1) is 0 Å². The smallest absolute Gasteiger partial charge is 0.350 e. The third-order valence-electron chi connectivity index (χ3n) is 3.71. The summed E-state index contributed by atoms with van der Waals surface area (Å²) in [6.07, 6.45) is -1.01. The highest BCUT2D eigenvalue weighted by Gasteiger charge is 2.38. The van der Waals surface area contributed by atoms with Crippen molar-refractivity contribution in [3.63, 3.8) is 0 Å². The quantitative estimate of drug-likeness (QED) is 0.706. The van der Waals surface area contributed by atoms with Crippen molar-refractivity contribution in [1.82, 2.24) is 30.2 Å². The van der Waals surface area contributed by atoms with Crippen LogP contribution in [0.2, 0.25) is 0 Å². The molecule has 3 aromatic rings. The normalized spacial score (nSPS) is 12.7. The number of alkyl halides is 3. The lowest BCUT2D eigenvalue weighted by Crippen LogP contribution is -2.33. The molecular formula is C16H15F3N6O2. The summed E-state index contributed by atoms with van der Waals surface area (Å²) >= 11 is 0. The van der Waals surface area contributed by atoms with Crippen LogP contribution >= 0.6 is 0 Å². The van der Waals surface area contributed by atoms with Crippen molar-refractivity contribution < 1.29 is 22.5 Å². The highest BCUT2D eigenvalue weighted by molar-refractivity contribution is 5.94. The third kappa shape index (κ3) is 4.68. The molecule has 0 saturated carbocycles. The van der Waals surface area contributed by atoms with Crippen LogP contribution in [0.1, 0.15) is 29.6 Å². The fourth-order valence-electron chi connectivity index (χ4n) is 2.28. The van der Waals surface area contributed by atoms with Crippen LogP contribution in [0.5, 0.6) is 0 Å². The summed E-state index contributed by atoms with van der Waals surface area (Å²) in [5.74, 6) is -1.91. The summed E-state index contributed by atoms with van der Waals surface area (Å²) in [6.45, 7) is 2.47. The van der Waals surface area contributed by atoms with Crippen LogP contribution in [0.4, 0.5) is 13.2 Å².